The van der Waals surface area contributed by atoms with Crippen LogP contribution in [0.2, 0.25) is 0 Å². The molecule has 1 aromatic carbocycles. The fraction of sp³-hybridized carbons (Fsp3) is 0.333. The topological polar surface area (TPSA) is 121 Å². The van der Waals surface area contributed by atoms with Crippen molar-refractivity contribution in [1.29, 1.82) is 0 Å². The number of nitro groups is 1. The van der Waals surface area contributed by atoms with Gasteiger partial charge in [-0.2, -0.15) is 0 Å². The first-order valence-electron chi connectivity index (χ1n) is 8.45. The van der Waals surface area contributed by atoms with E-state index >= 15 is 0 Å². The second kappa shape index (κ2) is 8.53. The normalized spacial score (nSPS) is 13.8. The maximum atomic E-state index is 12.3. The average molecular weight is 390 g/mol. The lowest BCUT2D eigenvalue weighted by atomic mass is 10.1. The van der Waals surface area contributed by atoms with Crippen LogP contribution in [0, 0.1) is 10.1 Å². The van der Waals surface area contributed by atoms with Crippen molar-refractivity contribution in [2.24, 2.45) is 0 Å². The largest absolute Gasteiger partial charge is 0.463 e. The summed E-state index contributed by atoms with van der Waals surface area (Å²) in [6, 6.07) is 7.07. The van der Waals surface area contributed by atoms with Gasteiger partial charge in [0.05, 0.1) is 30.8 Å². The van der Waals surface area contributed by atoms with Crippen molar-refractivity contribution >= 4 is 23.3 Å². The van der Waals surface area contributed by atoms with Crippen LogP contribution in [0.5, 0.6) is 0 Å². The van der Waals surface area contributed by atoms with Gasteiger partial charge in [0.25, 0.3) is 5.69 Å². The van der Waals surface area contributed by atoms with E-state index in [2.05, 4.69) is 4.74 Å². The fourth-order valence-corrected chi connectivity index (χ4v) is 2.75. The third-order valence-electron chi connectivity index (χ3n) is 4.15. The van der Waals surface area contributed by atoms with Crippen molar-refractivity contribution in [3.8, 4) is 0 Å². The summed E-state index contributed by atoms with van der Waals surface area (Å²) in [5.41, 5.74) is 0.296. The van der Waals surface area contributed by atoms with Crippen LogP contribution < -0.4 is 4.90 Å². The molecule has 0 aliphatic carbocycles. The lowest BCUT2D eigenvalue weighted by Gasteiger charge is -2.28. The molecule has 0 radical (unpaired) electrons. The smallest absolute Gasteiger partial charge is 0.373 e. The van der Waals surface area contributed by atoms with Gasteiger partial charge in [0, 0.05) is 19.2 Å². The molecule has 10 nitrogen and oxygen atoms in total. The SMILES string of the molecule is COC(=O)c1ccc(COC(=O)c2ccc(N3CCOCC3)c([N+](=O)[O-])c2)o1. The number of benzene rings is 1. The molecule has 2 aromatic rings. The summed E-state index contributed by atoms with van der Waals surface area (Å²) in [6.07, 6.45) is 0. The fourth-order valence-electron chi connectivity index (χ4n) is 2.75. The molecule has 0 N–H and O–H groups in total. The molecule has 3 rings (SSSR count). The lowest BCUT2D eigenvalue weighted by molar-refractivity contribution is -0.384. The molecule has 2 heterocycles. The van der Waals surface area contributed by atoms with Crippen molar-refractivity contribution in [2.75, 3.05) is 38.3 Å². The minimum Gasteiger partial charge on any atom is -0.463 e. The molecule has 0 unspecified atom stereocenters. The van der Waals surface area contributed by atoms with Gasteiger partial charge in [0.15, 0.2) is 0 Å². The molecule has 0 spiro atoms. The molecule has 1 aromatic heterocycles. The number of nitro benzene ring substituents is 1. The van der Waals surface area contributed by atoms with Gasteiger partial charge in [-0.25, -0.2) is 9.59 Å². The summed E-state index contributed by atoms with van der Waals surface area (Å²) < 4.78 is 20.1. The van der Waals surface area contributed by atoms with Gasteiger partial charge in [-0.1, -0.05) is 0 Å². The average Bonchev–Trinajstić information content (AvgIpc) is 3.20. The molecule has 0 saturated carbocycles. The molecular formula is C18H18N2O8. The standard InChI is InChI=1S/C18H18N2O8/c1-25-18(22)16-5-3-13(28-16)11-27-17(21)12-2-4-14(15(10-12)20(23)24)19-6-8-26-9-7-19/h2-5,10H,6-9,11H2,1H3. The zero-order valence-corrected chi connectivity index (χ0v) is 15.1. The Morgan fingerprint density at radius 1 is 1.18 bits per heavy atom. The second-order valence-corrected chi connectivity index (χ2v) is 5.89. The lowest BCUT2D eigenvalue weighted by Crippen LogP contribution is -2.36. The third kappa shape index (κ3) is 4.29. The van der Waals surface area contributed by atoms with Crippen molar-refractivity contribution in [3.63, 3.8) is 0 Å². The molecule has 1 aliphatic heterocycles. The number of furan rings is 1. The van der Waals surface area contributed by atoms with Gasteiger partial charge in [0.2, 0.25) is 5.76 Å². The first kappa shape index (κ1) is 19.4. The van der Waals surface area contributed by atoms with Gasteiger partial charge < -0.3 is 23.5 Å². The molecule has 1 aliphatic rings. The van der Waals surface area contributed by atoms with Gasteiger partial charge >= 0.3 is 11.9 Å². The predicted octanol–water partition coefficient (Wildman–Crippen LogP) is 2.17. The molecular weight excluding hydrogens is 372 g/mol. The van der Waals surface area contributed by atoms with E-state index in [1.165, 1.54) is 37.4 Å². The monoisotopic (exact) mass is 390 g/mol. The minimum absolute atomic E-state index is 0.0148. The highest BCUT2D eigenvalue weighted by molar-refractivity contribution is 5.91. The van der Waals surface area contributed by atoms with Gasteiger partial charge in [-0.05, 0) is 24.3 Å². The summed E-state index contributed by atoms with van der Waals surface area (Å²) in [4.78, 5) is 36.4. The number of morpholine rings is 1. The van der Waals surface area contributed by atoms with Crippen molar-refractivity contribution in [2.45, 2.75) is 6.61 Å². The van der Waals surface area contributed by atoms with E-state index in [9.17, 15) is 19.7 Å². The van der Waals surface area contributed by atoms with E-state index in [4.69, 9.17) is 13.9 Å². The number of carbonyl (C=O) groups excluding carboxylic acids is 2. The third-order valence-corrected chi connectivity index (χ3v) is 4.15. The highest BCUT2D eigenvalue weighted by Crippen LogP contribution is 2.30. The highest BCUT2D eigenvalue weighted by atomic mass is 16.6. The Balaban J connectivity index is 1.71. The van der Waals surface area contributed by atoms with Crippen LogP contribution in [-0.2, 0) is 20.8 Å². The van der Waals surface area contributed by atoms with Crippen LogP contribution in [0.15, 0.2) is 34.7 Å². The summed E-state index contributed by atoms with van der Waals surface area (Å²) in [6.45, 7) is 1.81. The molecule has 148 valence electrons. The maximum Gasteiger partial charge on any atom is 0.373 e. The van der Waals surface area contributed by atoms with Crippen molar-refractivity contribution in [3.05, 3.63) is 57.5 Å². The molecule has 0 bridgehead atoms. The Labute approximate surface area is 159 Å². The number of nitrogens with zero attached hydrogens (tertiary/aromatic N) is 2. The van der Waals surface area contributed by atoms with Gasteiger partial charge in [-0.3, -0.25) is 10.1 Å². The van der Waals surface area contributed by atoms with Gasteiger partial charge in [0.1, 0.15) is 18.1 Å². The van der Waals surface area contributed by atoms with Crippen LogP contribution in [0.25, 0.3) is 0 Å². The Bertz CT molecular complexity index is 885. The molecule has 1 fully saturated rings. The summed E-state index contributed by atoms with van der Waals surface area (Å²) in [5, 5.41) is 11.5. The number of ether oxygens (including phenoxy) is 3. The summed E-state index contributed by atoms with van der Waals surface area (Å²) in [7, 11) is 1.22. The van der Waals surface area contributed by atoms with Crippen LogP contribution in [0.4, 0.5) is 11.4 Å². The Morgan fingerprint density at radius 3 is 2.61 bits per heavy atom. The quantitative estimate of drug-likeness (QED) is 0.415. The first-order valence-corrected chi connectivity index (χ1v) is 8.45. The van der Waals surface area contributed by atoms with E-state index in [0.29, 0.717) is 32.0 Å². The second-order valence-electron chi connectivity index (χ2n) is 5.89. The van der Waals surface area contributed by atoms with Crippen LogP contribution in [-0.4, -0.2) is 50.3 Å². The summed E-state index contributed by atoms with van der Waals surface area (Å²) >= 11 is 0. The van der Waals surface area contributed by atoms with Crippen molar-refractivity contribution < 1.29 is 33.1 Å². The molecule has 0 amide bonds. The van der Waals surface area contributed by atoms with E-state index in [-0.39, 0.29) is 29.4 Å². The number of anilines is 1. The number of esters is 2. The van der Waals surface area contributed by atoms with Crippen LogP contribution >= 0.6 is 0 Å². The highest BCUT2D eigenvalue weighted by Gasteiger charge is 2.24. The van der Waals surface area contributed by atoms with Crippen LogP contribution in [0.3, 0.4) is 0 Å². The number of carbonyl (C=O) groups is 2. The molecule has 0 atom stereocenters. The first-order chi connectivity index (χ1) is 13.5. The maximum absolute atomic E-state index is 12.3. The van der Waals surface area contributed by atoms with Crippen molar-refractivity contribution in [1.82, 2.24) is 0 Å². The van der Waals surface area contributed by atoms with E-state index < -0.39 is 16.9 Å². The van der Waals surface area contributed by atoms with E-state index in [0.717, 1.165) is 0 Å². The molecule has 1 saturated heterocycles. The number of methoxy groups -OCH3 is 1. The van der Waals surface area contributed by atoms with E-state index in [1.54, 1.807) is 0 Å². The predicted molar refractivity (Wildman–Crippen MR) is 95.3 cm³/mol. The minimum atomic E-state index is -0.743. The van der Waals surface area contributed by atoms with E-state index in [1.807, 2.05) is 4.90 Å². The number of hydrogen-bond acceptors (Lipinski definition) is 9. The molecule has 28 heavy (non-hydrogen) atoms. The zero-order valence-electron chi connectivity index (χ0n) is 15.1. The Kier molecular flexibility index (Phi) is 5.90. The molecule has 10 heteroatoms. The number of rotatable bonds is 6. The Hall–Kier alpha value is -3.40. The van der Waals surface area contributed by atoms with Gasteiger partial charge in [-0.15, -0.1) is 0 Å². The van der Waals surface area contributed by atoms with Crippen LogP contribution in [0.1, 0.15) is 26.7 Å². The number of hydrogen-bond donors (Lipinski definition) is 0. The zero-order chi connectivity index (χ0) is 20.1. The summed E-state index contributed by atoms with van der Waals surface area (Å²) in [5.74, 6) is -1.16. The Morgan fingerprint density at radius 2 is 1.93 bits per heavy atom.